The average molecular weight is 185 g/mol. The Balaban J connectivity index is 1.88. The highest BCUT2D eigenvalue weighted by atomic mass is 16.5. The monoisotopic (exact) mass is 185 g/mol. The van der Waals surface area contributed by atoms with Crippen molar-refractivity contribution in [2.24, 2.45) is 11.8 Å². The Bertz CT molecular complexity index is 127. The van der Waals surface area contributed by atoms with E-state index in [1.165, 1.54) is 25.8 Å². The molecule has 13 heavy (non-hydrogen) atoms. The lowest BCUT2D eigenvalue weighted by atomic mass is 10.1. The van der Waals surface area contributed by atoms with Gasteiger partial charge in [-0.1, -0.05) is 13.3 Å². The highest BCUT2D eigenvalue weighted by Crippen LogP contribution is 2.29. The first-order valence-corrected chi connectivity index (χ1v) is 5.61. The van der Waals surface area contributed by atoms with Gasteiger partial charge in [0.25, 0.3) is 0 Å². The number of nitrogens with one attached hydrogen (secondary N) is 1. The van der Waals surface area contributed by atoms with Crippen LogP contribution in [0.5, 0.6) is 0 Å². The van der Waals surface area contributed by atoms with Crippen molar-refractivity contribution in [3.63, 3.8) is 0 Å². The molecule has 0 saturated heterocycles. The van der Waals surface area contributed by atoms with Crippen LogP contribution < -0.4 is 5.32 Å². The number of ether oxygens (including phenoxy) is 1. The first kappa shape index (κ1) is 11.0. The van der Waals surface area contributed by atoms with Crippen LogP contribution in [0.1, 0.15) is 33.1 Å². The van der Waals surface area contributed by atoms with Gasteiger partial charge in [-0.15, -0.1) is 0 Å². The van der Waals surface area contributed by atoms with Crippen LogP contribution in [0.2, 0.25) is 0 Å². The molecule has 0 spiro atoms. The number of hydrogen-bond acceptors (Lipinski definition) is 2. The van der Waals surface area contributed by atoms with Gasteiger partial charge < -0.3 is 10.1 Å². The molecule has 0 radical (unpaired) electrons. The first-order chi connectivity index (χ1) is 6.33. The molecule has 2 nitrogen and oxygen atoms in total. The van der Waals surface area contributed by atoms with Crippen LogP contribution in [0.15, 0.2) is 0 Å². The van der Waals surface area contributed by atoms with E-state index >= 15 is 0 Å². The molecule has 0 aromatic heterocycles. The summed E-state index contributed by atoms with van der Waals surface area (Å²) in [6, 6.07) is 0. The van der Waals surface area contributed by atoms with Crippen LogP contribution in [0, 0.1) is 11.8 Å². The molecule has 0 amide bonds. The normalized spacial score (nSPS) is 28.2. The Morgan fingerprint density at radius 2 is 2.23 bits per heavy atom. The molecule has 2 heteroatoms. The SMILES string of the molecule is CCOCCNCC1CCC(C)C1. The van der Waals surface area contributed by atoms with Crippen molar-refractivity contribution in [2.75, 3.05) is 26.3 Å². The van der Waals surface area contributed by atoms with Crippen molar-refractivity contribution in [3.05, 3.63) is 0 Å². The highest BCUT2D eigenvalue weighted by Gasteiger charge is 2.20. The molecule has 1 aliphatic carbocycles. The molecule has 0 aromatic rings. The minimum atomic E-state index is 0.835. The number of hydrogen-bond donors (Lipinski definition) is 1. The Morgan fingerprint density at radius 3 is 2.85 bits per heavy atom. The average Bonchev–Trinajstić information content (AvgIpc) is 2.51. The van der Waals surface area contributed by atoms with E-state index in [9.17, 15) is 0 Å². The minimum absolute atomic E-state index is 0.835. The summed E-state index contributed by atoms with van der Waals surface area (Å²) >= 11 is 0. The summed E-state index contributed by atoms with van der Waals surface area (Å²) in [5.74, 6) is 1.88. The van der Waals surface area contributed by atoms with Gasteiger partial charge >= 0.3 is 0 Å². The predicted octanol–water partition coefficient (Wildman–Crippen LogP) is 2.05. The van der Waals surface area contributed by atoms with E-state index in [0.717, 1.165) is 31.6 Å². The Morgan fingerprint density at radius 1 is 1.38 bits per heavy atom. The molecule has 0 bridgehead atoms. The quantitative estimate of drug-likeness (QED) is 0.639. The molecule has 2 unspecified atom stereocenters. The van der Waals surface area contributed by atoms with Crippen LogP contribution in [0.4, 0.5) is 0 Å². The summed E-state index contributed by atoms with van der Waals surface area (Å²) in [5.41, 5.74) is 0. The molecule has 2 atom stereocenters. The third-order valence-corrected chi connectivity index (χ3v) is 2.86. The van der Waals surface area contributed by atoms with E-state index in [0.29, 0.717) is 0 Å². The van der Waals surface area contributed by atoms with Gasteiger partial charge in [-0.05, 0) is 38.1 Å². The van der Waals surface area contributed by atoms with Crippen LogP contribution >= 0.6 is 0 Å². The van der Waals surface area contributed by atoms with Gasteiger partial charge in [0, 0.05) is 13.2 Å². The van der Waals surface area contributed by atoms with Crippen molar-refractivity contribution < 1.29 is 4.74 Å². The van der Waals surface area contributed by atoms with Gasteiger partial charge in [0.2, 0.25) is 0 Å². The molecule has 1 N–H and O–H groups in total. The molecule has 1 aliphatic rings. The Labute approximate surface area is 82.0 Å². The third-order valence-electron chi connectivity index (χ3n) is 2.86. The number of rotatable bonds is 6. The lowest BCUT2D eigenvalue weighted by molar-refractivity contribution is 0.148. The van der Waals surface area contributed by atoms with Gasteiger partial charge in [0.05, 0.1) is 6.61 Å². The van der Waals surface area contributed by atoms with E-state index in [4.69, 9.17) is 4.74 Å². The van der Waals surface area contributed by atoms with Crippen molar-refractivity contribution >= 4 is 0 Å². The molecule has 0 aliphatic heterocycles. The second-order valence-corrected chi connectivity index (χ2v) is 4.19. The molecular weight excluding hydrogens is 162 g/mol. The maximum absolute atomic E-state index is 5.26. The zero-order valence-electron chi connectivity index (χ0n) is 9.01. The van der Waals surface area contributed by atoms with Gasteiger partial charge in [0.1, 0.15) is 0 Å². The largest absolute Gasteiger partial charge is 0.380 e. The summed E-state index contributed by atoms with van der Waals surface area (Å²) < 4.78 is 5.26. The lowest BCUT2D eigenvalue weighted by Gasteiger charge is -2.10. The molecule has 0 aromatic carbocycles. The molecule has 1 rings (SSSR count). The molecular formula is C11H23NO. The summed E-state index contributed by atoms with van der Waals surface area (Å²) in [4.78, 5) is 0. The summed E-state index contributed by atoms with van der Waals surface area (Å²) in [6.07, 6.45) is 4.27. The van der Waals surface area contributed by atoms with Crippen molar-refractivity contribution in [2.45, 2.75) is 33.1 Å². The zero-order chi connectivity index (χ0) is 9.52. The lowest BCUT2D eigenvalue weighted by Crippen LogP contribution is -2.25. The fourth-order valence-corrected chi connectivity index (χ4v) is 2.11. The highest BCUT2D eigenvalue weighted by molar-refractivity contribution is 4.74. The summed E-state index contributed by atoms with van der Waals surface area (Å²) in [6.45, 7) is 8.30. The molecule has 1 fully saturated rings. The smallest absolute Gasteiger partial charge is 0.0590 e. The third kappa shape index (κ3) is 4.63. The van der Waals surface area contributed by atoms with Crippen LogP contribution in [0.25, 0.3) is 0 Å². The van der Waals surface area contributed by atoms with Gasteiger partial charge in [-0.3, -0.25) is 0 Å². The van der Waals surface area contributed by atoms with Gasteiger partial charge in [-0.2, -0.15) is 0 Å². The van der Waals surface area contributed by atoms with Crippen molar-refractivity contribution in [1.29, 1.82) is 0 Å². The summed E-state index contributed by atoms with van der Waals surface area (Å²) in [7, 11) is 0. The van der Waals surface area contributed by atoms with Crippen LogP contribution in [-0.4, -0.2) is 26.3 Å². The first-order valence-electron chi connectivity index (χ1n) is 5.61. The Kier molecular flexibility index (Phi) is 5.40. The van der Waals surface area contributed by atoms with Gasteiger partial charge in [0.15, 0.2) is 0 Å². The molecule has 0 heterocycles. The zero-order valence-corrected chi connectivity index (χ0v) is 9.01. The van der Waals surface area contributed by atoms with Crippen LogP contribution in [-0.2, 0) is 4.74 Å². The molecule has 1 saturated carbocycles. The topological polar surface area (TPSA) is 21.3 Å². The van der Waals surface area contributed by atoms with E-state index in [-0.39, 0.29) is 0 Å². The van der Waals surface area contributed by atoms with E-state index in [1.807, 2.05) is 6.92 Å². The Hall–Kier alpha value is -0.0800. The second-order valence-electron chi connectivity index (χ2n) is 4.19. The van der Waals surface area contributed by atoms with Gasteiger partial charge in [-0.25, -0.2) is 0 Å². The minimum Gasteiger partial charge on any atom is -0.380 e. The fourth-order valence-electron chi connectivity index (χ4n) is 2.11. The predicted molar refractivity (Wildman–Crippen MR) is 55.9 cm³/mol. The van der Waals surface area contributed by atoms with E-state index in [1.54, 1.807) is 0 Å². The molecule has 78 valence electrons. The van der Waals surface area contributed by atoms with Crippen molar-refractivity contribution in [1.82, 2.24) is 5.32 Å². The van der Waals surface area contributed by atoms with Crippen molar-refractivity contribution in [3.8, 4) is 0 Å². The second kappa shape index (κ2) is 6.39. The maximum Gasteiger partial charge on any atom is 0.0590 e. The maximum atomic E-state index is 5.26. The standard InChI is InChI=1S/C11H23NO/c1-3-13-7-6-12-9-11-5-4-10(2)8-11/h10-12H,3-9H2,1-2H3. The van der Waals surface area contributed by atoms with E-state index < -0.39 is 0 Å². The fraction of sp³-hybridized carbons (Fsp3) is 1.00. The van der Waals surface area contributed by atoms with Crippen LogP contribution in [0.3, 0.4) is 0 Å². The summed E-state index contributed by atoms with van der Waals surface area (Å²) in [5, 5.41) is 3.46. The van der Waals surface area contributed by atoms with E-state index in [2.05, 4.69) is 12.2 Å².